The molecule has 7 rings (SSSR count). The fourth-order valence-electron chi connectivity index (χ4n) is 11.4. The van der Waals surface area contributed by atoms with Gasteiger partial charge >= 0.3 is 11.9 Å². The van der Waals surface area contributed by atoms with Gasteiger partial charge in [-0.05, 0) is 121 Å². The van der Waals surface area contributed by atoms with Crippen molar-refractivity contribution in [3.05, 3.63) is 156 Å². The van der Waals surface area contributed by atoms with Gasteiger partial charge in [0.15, 0.2) is 11.2 Å². The normalized spacial score (nSPS) is 22.3. The Kier molecular flexibility index (Phi) is 27.9. The molecule has 6 amide bonds. The maximum Gasteiger partial charge on any atom is 0.336 e. The van der Waals surface area contributed by atoms with Crippen molar-refractivity contribution >= 4 is 70.9 Å². The summed E-state index contributed by atoms with van der Waals surface area (Å²) in [5.74, 6) is -3.61. The molecule has 94 heavy (non-hydrogen) atoms. The van der Waals surface area contributed by atoms with E-state index >= 15 is 0 Å². The average Bonchev–Trinajstić information content (AvgIpc) is 0.791. The number of carboxylic acids is 2. The summed E-state index contributed by atoms with van der Waals surface area (Å²) in [5, 5.41) is 104. The number of hydrogen-bond donors (Lipinski definition) is 14. The zero-order valence-electron chi connectivity index (χ0n) is 52.3. The summed E-state index contributed by atoms with van der Waals surface area (Å²) in [7, 11) is 0. The fraction of sp³-hybridized carbons (Fsp3) is 0.441. The van der Waals surface area contributed by atoms with Crippen molar-refractivity contribution in [3.63, 3.8) is 0 Å². The number of ether oxygens (including phenoxy) is 2. The Morgan fingerprint density at radius 3 is 1.07 bits per heavy atom. The Hall–Kier alpha value is -7.76. The third-order valence-corrected chi connectivity index (χ3v) is 18.6. The number of unbranched alkanes of at least 4 members (excludes halogenated alkanes) is 2. The number of benzene rings is 5. The van der Waals surface area contributed by atoms with E-state index in [9.17, 15) is 79.2 Å². The number of aliphatic hydroxyl groups excluding tert-OH is 6. The van der Waals surface area contributed by atoms with Crippen molar-refractivity contribution in [2.24, 2.45) is 0 Å². The lowest BCUT2D eigenvalue weighted by Crippen LogP contribution is -2.67. The number of aliphatic hydroxyl groups is 6. The van der Waals surface area contributed by atoms with Gasteiger partial charge in [-0.3, -0.25) is 28.8 Å². The van der Waals surface area contributed by atoms with Gasteiger partial charge in [0, 0.05) is 86.6 Å². The van der Waals surface area contributed by atoms with E-state index in [2.05, 4.69) is 31.9 Å². The summed E-state index contributed by atoms with van der Waals surface area (Å²) >= 11 is 3.02. The molecule has 1 unspecified atom stereocenters. The van der Waals surface area contributed by atoms with E-state index in [1.165, 1.54) is 61.6 Å². The molecule has 5 aromatic carbocycles. The molecule has 26 heteroatoms. The van der Waals surface area contributed by atoms with Crippen molar-refractivity contribution in [2.75, 3.05) is 49.2 Å². The van der Waals surface area contributed by atoms with Crippen molar-refractivity contribution in [3.8, 4) is 22.3 Å². The lowest BCUT2D eigenvalue weighted by atomic mass is 9.81. The van der Waals surface area contributed by atoms with Gasteiger partial charge < -0.3 is 82.2 Å². The zero-order valence-corrected chi connectivity index (χ0v) is 53.9. The van der Waals surface area contributed by atoms with E-state index in [1.54, 1.807) is 48.5 Å². The second-order valence-corrected chi connectivity index (χ2v) is 25.9. The van der Waals surface area contributed by atoms with Gasteiger partial charge in [-0.1, -0.05) is 84.9 Å². The lowest BCUT2D eigenvalue weighted by molar-refractivity contribution is -0.229. The third kappa shape index (κ3) is 20.6. The molecule has 0 aromatic heterocycles. The quantitative estimate of drug-likeness (QED) is 0.0262. The monoisotopic (exact) mass is 1340 g/mol. The van der Waals surface area contributed by atoms with E-state index in [0.717, 1.165) is 22.3 Å². The second-order valence-electron chi connectivity index (χ2n) is 23.4. The van der Waals surface area contributed by atoms with E-state index in [1.807, 2.05) is 60.7 Å². The minimum absolute atomic E-state index is 0.0789. The van der Waals surface area contributed by atoms with Crippen molar-refractivity contribution < 1.29 is 88.7 Å². The summed E-state index contributed by atoms with van der Waals surface area (Å²) < 4.78 is 12.1. The van der Waals surface area contributed by atoms with Gasteiger partial charge in [-0.25, -0.2) is 9.59 Å². The highest BCUT2D eigenvalue weighted by Crippen LogP contribution is 2.38. The highest BCUT2D eigenvalue weighted by molar-refractivity contribution is 7.99. The van der Waals surface area contributed by atoms with Crippen LogP contribution in [0.15, 0.2) is 133 Å². The maximum absolute atomic E-state index is 13.0. The topological polar surface area (TPSA) is 389 Å². The highest BCUT2D eigenvalue weighted by atomic mass is 32.2. The van der Waals surface area contributed by atoms with Gasteiger partial charge in [0.25, 0.3) is 23.6 Å². The molecule has 2 fully saturated rings. The molecule has 0 bridgehead atoms. The number of carbonyl (C=O) groups is 8. The average molecular weight is 1340 g/mol. The summed E-state index contributed by atoms with van der Waals surface area (Å²) in [6, 6.07) is 36.2. The van der Waals surface area contributed by atoms with Crippen molar-refractivity contribution in [2.45, 2.75) is 137 Å². The molecule has 14 N–H and O–H groups in total. The molecule has 0 aliphatic carbocycles. The van der Waals surface area contributed by atoms with E-state index in [-0.39, 0.29) is 35.8 Å². The molecule has 5 aromatic rings. The Labute approximate surface area is 553 Å². The van der Waals surface area contributed by atoms with Gasteiger partial charge in [-0.2, -0.15) is 23.5 Å². The molecular formula is C68H84N6O18S2. The number of carbonyl (C=O) groups excluding carboxylic acids is 6. The van der Waals surface area contributed by atoms with Crippen molar-refractivity contribution in [1.29, 1.82) is 0 Å². The van der Waals surface area contributed by atoms with Gasteiger partial charge in [0.05, 0.1) is 36.5 Å². The van der Waals surface area contributed by atoms with Crippen LogP contribution in [-0.2, 0) is 28.7 Å². The highest BCUT2D eigenvalue weighted by Gasteiger charge is 2.56. The molecule has 0 radical (unpaired) electrons. The fourth-order valence-corrected chi connectivity index (χ4v) is 13.1. The SMILES string of the molecule is CC(=O)N[C@H]1[C@H]([C@H](O)[C@H](O)CNC(=O)c2ccc(-c3ccccc3)cc2)O[C@@](CCCCSCCNC(=O)c2ccc(C(=O)NCCSCCCC[C@]3(C(=O)O)C[C@H](O)[C@@H](NC(C)=O)C([C@H](O)[C@H](O)CNC(=O)c4ccc(-c5ccccc5)cc4)O3)cc2)(C(=O)O)C[C@@H]1O. The number of hydrogen-bond acceptors (Lipinski definition) is 18. The Bertz CT molecular complexity index is 3100. The molecule has 0 saturated carbocycles. The first kappa shape index (κ1) is 73.6. The molecule has 2 heterocycles. The van der Waals surface area contributed by atoms with Crippen LogP contribution in [0.2, 0.25) is 0 Å². The lowest BCUT2D eigenvalue weighted by Gasteiger charge is -2.47. The van der Waals surface area contributed by atoms with Gasteiger partial charge in [-0.15, -0.1) is 0 Å². The van der Waals surface area contributed by atoms with Crippen LogP contribution in [0.4, 0.5) is 0 Å². The smallest absolute Gasteiger partial charge is 0.336 e. The summed E-state index contributed by atoms with van der Waals surface area (Å²) in [6.07, 6.45) is -12.5. The van der Waals surface area contributed by atoms with Crippen LogP contribution in [0.1, 0.15) is 107 Å². The summed E-state index contributed by atoms with van der Waals surface area (Å²) in [6.45, 7) is 2.04. The van der Waals surface area contributed by atoms with E-state index < -0.39 is 134 Å². The van der Waals surface area contributed by atoms with Crippen molar-refractivity contribution in [1.82, 2.24) is 31.9 Å². The Morgan fingerprint density at radius 1 is 0.447 bits per heavy atom. The van der Waals surface area contributed by atoms with Crippen LogP contribution in [0.3, 0.4) is 0 Å². The number of aliphatic carboxylic acids is 2. The predicted octanol–water partition coefficient (Wildman–Crippen LogP) is 3.55. The molecule has 12 atom stereocenters. The number of amides is 6. The Balaban J connectivity index is 0.773. The number of thioether (sulfide) groups is 2. The minimum Gasteiger partial charge on any atom is -0.479 e. The van der Waals surface area contributed by atoms with E-state index in [4.69, 9.17) is 9.47 Å². The summed E-state index contributed by atoms with van der Waals surface area (Å²) in [5.41, 5.74) is 0.944. The minimum atomic E-state index is -1.99. The third-order valence-electron chi connectivity index (χ3n) is 16.5. The second kappa shape index (κ2) is 35.7. The van der Waals surface area contributed by atoms with Crippen LogP contribution >= 0.6 is 23.5 Å². The molecular weight excluding hydrogens is 1250 g/mol. The molecule has 2 saturated heterocycles. The number of nitrogens with one attached hydrogen (secondary N) is 6. The standard InChI is InChI=1S/C68H84N6O18S2/c1-41(75)73-55-51(77)37-67(65(87)88,91-59(55)57(81)53(79)39-71-63(85)49-21-17-45(18-22-49)43-13-5-3-6-14-43)29-9-11-33-93-35-31-69-61(83)47-25-27-48(28-26-47)62(84)70-32-36-94-34-12-10-30-68(66(89)90)38-52(78)56(74-42(2)76)60(92-68)58(82)54(80)40-72-64(86)50-23-19-46(20-24-50)44-15-7-4-8-16-44/h3-8,13-28,51-60,77-82H,9-12,29-40H2,1-2H3,(H,69,83)(H,70,84)(H,71,85)(H,72,86)(H,73,75)(H,74,76)(H,87,88)(H,89,90)/t51-,52-,53+,54+,55+,56+,57+,58+,59+,60?,67+,68+/m0/s1. The molecule has 0 spiro atoms. The number of carboxylic acid groups (broad SMARTS) is 2. The van der Waals surface area contributed by atoms with Crippen LogP contribution in [0, 0.1) is 0 Å². The van der Waals surface area contributed by atoms with Crippen LogP contribution in [-0.4, -0.2) is 210 Å². The van der Waals surface area contributed by atoms with Gasteiger partial charge in [0.2, 0.25) is 11.8 Å². The van der Waals surface area contributed by atoms with E-state index in [0.29, 0.717) is 72.9 Å². The summed E-state index contributed by atoms with van der Waals surface area (Å²) in [4.78, 5) is 102. The number of rotatable bonds is 34. The molecule has 2 aliphatic rings. The first-order valence-electron chi connectivity index (χ1n) is 31.2. The first-order chi connectivity index (χ1) is 45.0. The zero-order chi connectivity index (χ0) is 68.0. The van der Waals surface area contributed by atoms with Gasteiger partial charge in [0.1, 0.15) is 24.4 Å². The maximum atomic E-state index is 13.0. The molecule has 506 valence electrons. The van der Waals surface area contributed by atoms with Crippen LogP contribution in [0.5, 0.6) is 0 Å². The Morgan fingerprint density at radius 2 is 0.755 bits per heavy atom. The first-order valence-corrected chi connectivity index (χ1v) is 33.5. The predicted molar refractivity (Wildman–Crippen MR) is 353 cm³/mol. The van der Waals surface area contributed by atoms with Crippen LogP contribution in [0.25, 0.3) is 22.3 Å². The largest absolute Gasteiger partial charge is 0.479 e. The molecule has 24 nitrogen and oxygen atoms in total. The molecule has 2 aliphatic heterocycles. The van der Waals surface area contributed by atoms with Crippen LogP contribution < -0.4 is 31.9 Å².